The minimum atomic E-state index is -2.83. The lowest BCUT2D eigenvalue weighted by Gasteiger charge is -2.35. The Balaban J connectivity index is 1.41. The van der Waals surface area contributed by atoms with Gasteiger partial charge in [0.25, 0.3) is 23.4 Å². The molecule has 2 N–H and O–H groups in total. The number of nitrogens with zero attached hydrogens (tertiary/aromatic N) is 4. The second-order valence-electron chi connectivity index (χ2n) is 9.61. The molecular weight excluding hydrogens is 566 g/mol. The number of carbonyl (C=O) groups excluding carboxylic acids is 2. The zero-order chi connectivity index (χ0) is 27.0. The highest BCUT2D eigenvalue weighted by Crippen LogP contribution is 2.36. The van der Waals surface area contributed by atoms with Crippen molar-refractivity contribution in [1.82, 2.24) is 19.8 Å². The van der Waals surface area contributed by atoms with Gasteiger partial charge >= 0.3 is 0 Å². The third kappa shape index (κ3) is 5.19. The number of alkyl halides is 2. The zero-order valence-corrected chi connectivity index (χ0v) is 21.8. The number of nitro benzene ring substituents is 1. The summed E-state index contributed by atoms with van der Waals surface area (Å²) in [5, 5.41) is 15.9. The van der Waals surface area contributed by atoms with Crippen LogP contribution in [-0.4, -0.2) is 74.6 Å². The van der Waals surface area contributed by atoms with Crippen molar-refractivity contribution in [3.8, 4) is 0 Å². The quantitative estimate of drug-likeness (QED) is 0.324. The number of aromatic nitrogens is 2. The molecule has 5 rings (SSSR count). The van der Waals surface area contributed by atoms with Crippen molar-refractivity contribution < 1.29 is 23.3 Å². The van der Waals surface area contributed by atoms with E-state index in [0.717, 1.165) is 10.9 Å². The van der Waals surface area contributed by atoms with E-state index in [9.17, 15) is 28.5 Å². The van der Waals surface area contributed by atoms with Crippen LogP contribution in [0.25, 0.3) is 10.9 Å². The molecule has 2 aromatic heterocycles. The molecule has 13 heteroatoms. The standard InChI is InChI=1S/C25H25BrF2N6O4/c26-15-10-18(23(35)32-8-4-25(27,28)5-9-32)22(21(11-15)34(37)38)31-16-2-1-7-33(14-16)24(36)19-12-29-13-20-17(19)3-6-30-20/h3,6,10-13,16,30-31H,1-2,4-5,7-9,14H2/t16-/m1/s1. The van der Waals surface area contributed by atoms with Crippen molar-refractivity contribution in [2.75, 3.05) is 31.5 Å². The fourth-order valence-corrected chi connectivity index (χ4v) is 5.51. The third-order valence-electron chi connectivity index (χ3n) is 7.06. The first-order valence-corrected chi connectivity index (χ1v) is 13.0. The van der Waals surface area contributed by atoms with Gasteiger partial charge < -0.3 is 20.1 Å². The molecule has 3 aromatic rings. The lowest BCUT2D eigenvalue weighted by molar-refractivity contribution is -0.384. The number of fused-ring (bicyclic) bond motifs is 1. The van der Waals surface area contributed by atoms with Crippen LogP contribution in [0.3, 0.4) is 0 Å². The van der Waals surface area contributed by atoms with Gasteiger partial charge in [-0.15, -0.1) is 0 Å². The number of piperidine rings is 2. The molecule has 1 atom stereocenters. The number of hydrogen-bond donors (Lipinski definition) is 2. The van der Waals surface area contributed by atoms with Gasteiger partial charge in [-0.25, -0.2) is 8.78 Å². The summed E-state index contributed by atoms with van der Waals surface area (Å²) in [7, 11) is 0. The highest BCUT2D eigenvalue weighted by atomic mass is 79.9. The number of anilines is 1. The summed E-state index contributed by atoms with van der Waals surface area (Å²) in [5.41, 5.74) is 0.938. The van der Waals surface area contributed by atoms with Gasteiger partial charge in [-0.3, -0.25) is 24.7 Å². The highest BCUT2D eigenvalue weighted by molar-refractivity contribution is 9.10. The van der Waals surface area contributed by atoms with Crippen LogP contribution in [0, 0.1) is 10.1 Å². The van der Waals surface area contributed by atoms with Gasteiger partial charge in [-0.05, 0) is 25.0 Å². The first kappa shape index (κ1) is 26.0. The van der Waals surface area contributed by atoms with Gasteiger partial charge in [0.2, 0.25) is 0 Å². The van der Waals surface area contributed by atoms with Gasteiger partial charge in [0, 0.05) is 73.4 Å². The van der Waals surface area contributed by atoms with Crippen molar-refractivity contribution >= 4 is 50.0 Å². The van der Waals surface area contributed by atoms with Gasteiger partial charge in [0.1, 0.15) is 5.69 Å². The molecule has 0 saturated carbocycles. The van der Waals surface area contributed by atoms with Gasteiger partial charge in [-0.1, -0.05) is 15.9 Å². The molecule has 2 aliphatic rings. The van der Waals surface area contributed by atoms with Crippen LogP contribution in [-0.2, 0) is 0 Å². The summed E-state index contributed by atoms with van der Waals surface area (Å²) < 4.78 is 27.7. The van der Waals surface area contributed by atoms with E-state index in [1.165, 1.54) is 23.2 Å². The van der Waals surface area contributed by atoms with E-state index in [-0.39, 0.29) is 48.5 Å². The summed E-state index contributed by atoms with van der Waals surface area (Å²) in [6.45, 7) is 0.483. The van der Waals surface area contributed by atoms with E-state index in [0.29, 0.717) is 29.4 Å². The Morgan fingerprint density at radius 2 is 1.87 bits per heavy atom. The van der Waals surface area contributed by atoms with Crippen LogP contribution in [0.15, 0.2) is 41.3 Å². The van der Waals surface area contributed by atoms with E-state index in [1.807, 2.05) is 6.07 Å². The monoisotopic (exact) mass is 590 g/mol. The van der Waals surface area contributed by atoms with Crippen molar-refractivity contribution in [2.45, 2.75) is 37.6 Å². The number of nitro groups is 1. The molecule has 200 valence electrons. The number of halogens is 3. The number of likely N-dealkylation sites (tertiary alicyclic amines) is 2. The molecule has 2 saturated heterocycles. The molecule has 38 heavy (non-hydrogen) atoms. The zero-order valence-electron chi connectivity index (χ0n) is 20.3. The second-order valence-corrected chi connectivity index (χ2v) is 10.5. The lowest BCUT2D eigenvalue weighted by atomic mass is 10.0. The summed E-state index contributed by atoms with van der Waals surface area (Å²) in [6.07, 6.45) is 5.25. The third-order valence-corrected chi connectivity index (χ3v) is 7.51. The summed E-state index contributed by atoms with van der Waals surface area (Å²) in [6, 6.07) is 4.20. The molecule has 0 spiro atoms. The van der Waals surface area contributed by atoms with Crippen LogP contribution >= 0.6 is 15.9 Å². The van der Waals surface area contributed by atoms with Crippen LogP contribution in [0.2, 0.25) is 0 Å². The number of rotatable bonds is 5. The molecule has 0 unspecified atom stereocenters. The van der Waals surface area contributed by atoms with Crippen LogP contribution in [0.1, 0.15) is 46.4 Å². The highest BCUT2D eigenvalue weighted by Gasteiger charge is 2.37. The molecule has 2 amide bonds. The van der Waals surface area contributed by atoms with E-state index >= 15 is 0 Å². The summed E-state index contributed by atoms with van der Waals surface area (Å²) in [5.74, 6) is -3.59. The van der Waals surface area contributed by atoms with Crippen LogP contribution in [0.5, 0.6) is 0 Å². The smallest absolute Gasteiger partial charge is 0.294 e. The number of hydrogen-bond acceptors (Lipinski definition) is 6. The number of nitrogens with one attached hydrogen (secondary N) is 2. The average Bonchev–Trinajstić information content (AvgIpc) is 3.38. The molecule has 0 radical (unpaired) electrons. The Bertz CT molecular complexity index is 1400. The van der Waals surface area contributed by atoms with Gasteiger partial charge in [-0.2, -0.15) is 0 Å². The average molecular weight is 591 g/mol. The van der Waals surface area contributed by atoms with E-state index in [4.69, 9.17) is 0 Å². The topological polar surface area (TPSA) is 124 Å². The number of aromatic amines is 1. The SMILES string of the molecule is O=C(c1cc(Br)cc([N+](=O)[O-])c1N[C@@H]1CCCN(C(=O)c2cncc3[nH]ccc23)C1)N1CCC(F)(F)CC1. The minimum Gasteiger partial charge on any atom is -0.374 e. The first-order chi connectivity index (χ1) is 18.1. The largest absolute Gasteiger partial charge is 0.374 e. The van der Waals surface area contributed by atoms with Gasteiger partial charge in [0.15, 0.2) is 0 Å². The molecule has 0 bridgehead atoms. The fourth-order valence-electron chi connectivity index (χ4n) is 5.07. The maximum atomic E-state index is 13.7. The molecule has 1 aromatic carbocycles. The van der Waals surface area contributed by atoms with Gasteiger partial charge in [0.05, 0.1) is 27.8 Å². The predicted molar refractivity (Wildman–Crippen MR) is 140 cm³/mol. The molecule has 10 nitrogen and oxygen atoms in total. The molecule has 4 heterocycles. The Labute approximate surface area is 224 Å². The number of carbonyl (C=O) groups is 2. The number of H-pyrrole nitrogens is 1. The maximum absolute atomic E-state index is 13.7. The van der Waals surface area contributed by atoms with E-state index < -0.39 is 29.6 Å². The van der Waals surface area contributed by atoms with Crippen LogP contribution in [0.4, 0.5) is 20.2 Å². The molecule has 2 fully saturated rings. The Hall–Kier alpha value is -3.61. The Morgan fingerprint density at radius 1 is 1.13 bits per heavy atom. The molecule has 2 aliphatic heterocycles. The molecule has 0 aliphatic carbocycles. The normalized spacial score (nSPS) is 19.4. The van der Waals surface area contributed by atoms with Crippen LogP contribution < -0.4 is 5.32 Å². The fraction of sp³-hybridized carbons (Fsp3) is 0.400. The van der Waals surface area contributed by atoms with Crippen molar-refractivity contribution in [1.29, 1.82) is 0 Å². The lowest BCUT2D eigenvalue weighted by Crippen LogP contribution is -2.46. The first-order valence-electron chi connectivity index (χ1n) is 12.2. The Kier molecular flexibility index (Phi) is 7.03. The predicted octanol–water partition coefficient (Wildman–Crippen LogP) is 4.82. The number of amides is 2. The summed E-state index contributed by atoms with van der Waals surface area (Å²) in [4.78, 5) is 48.3. The van der Waals surface area contributed by atoms with E-state index in [2.05, 4.69) is 31.2 Å². The summed E-state index contributed by atoms with van der Waals surface area (Å²) >= 11 is 3.24. The number of pyridine rings is 1. The minimum absolute atomic E-state index is 0.0224. The second kappa shape index (κ2) is 10.3. The molecular formula is C25H25BrF2N6O4. The van der Waals surface area contributed by atoms with Crippen molar-refractivity contribution in [2.24, 2.45) is 0 Å². The Morgan fingerprint density at radius 3 is 2.61 bits per heavy atom. The maximum Gasteiger partial charge on any atom is 0.294 e. The van der Waals surface area contributed by atoms with E-state index in [1.54, 1.807) is 17.3 Å². The van der Waals surface area contributed by atoms with Crippen molar-refractivity contribution in [3.05, 3.63) is 62.5 Å². The van der Waals surface area contributed by atoms with Crippen molar-refractivity contribution in [3.63, 3.8) is 0 Å². The number of benzene rings is 1.